The summed E-state index contributed by atoms with van der Waals surface area (Å²) in [5.74, 6) is 0.407. The molecule has 1 aliphatic carbocycles. The smallest absolute Gasteiger partial charge is 0.263 e. The van der Waals surface area contributed by atoms with Crippen molar-refractivity contribution >= 4 is 17.2 Å². The van der Waals surface area contributed by atoms with E-state index in [-0.39, 0.29) is 18.6 Å². The maximum atomic E-state index is 12.3. The molecule has 1 aliphatic rings. The molecule has 6 heteroatoms. The molecular weight excluding hydrogens is 286 g/mol. The summed E-state index contributed by atoms with van der Waals surface area (Å²) in [5, 5.41) is 12.8. The van der Waals surface area contributed by atoms with Crippen molar-refractivity contribution in [3.8, 4) is 10.7 Å². The number of hydrogen-bond acceptors (Lipinski definition) is 5. The van der Waals surface area contributed by atoms with Crippen LogP contribution in [0, 0.1) is 5.92 Å². The van der Waals surface area contributed by atoms with Crippen LogP contribution in [0.15, 0.2) is 30.6 Å². The van der Waals surface area contributed by atoms with Crippen molar-refractivity contribution in [2.45, 2.75) is 25.3 Å². The normalized spacial score (nSPS) is 15.7. The predicted octanol–water partition coefficient (Wildman–Crippen LogP) is 2.10. The molecule has 1 atom stereocenters. The van der Waals surface area contributed by atoms with Gasteiger partial charge in [0, 0.05) is 18.8 Å². The highest BCUT2D eigenvalue weighted by atomic mass is 32.1. The van der Waals surface area contributed by atoms with Crippen molar-refractivity contribution in [1.29, 1.82) is 0 Å². The highest BCUT2D eigenvalue weighted by Gasteiger charge is 2.32. The number of aromatic nitrogens is 2. The molecule has 0 saturated heterocycles. The largest absolute Gasteiger partial charge is 0.396 e. The zero-order chi connectivity index (χ0) is 14.7. The average Bonchev–Trinajstić information content (AvgIpc) is 3.24. The molecule has 21 heavy (non-hydrogen) atoms. The monoisotopic (exact) mass is 303 g/mol. The van der Waals surface area contributed by atoms with Crippen molar-refractivity contribution in [2.75, 3.05) is 6.61 Å². The van der Waals surface area contributed by atoms with Crippen LogP contribution in [0.25, 0.3) is 10.7 Å². The molecule has 1 saturated carbocycles. The third-order valence-corrected chi connectivity index (χ3v) is 4.58. The van der Waals surface area contributed by atoms with Crippen molar-refractivity contribution in [1.82, 2.24) is 15.3 Å². The standard InChI is InChI=1S/C15H17N3O2S/c19-8-6-11(10-4-5-10)18-14(20)13-9-17-15(21-13)12-3-1-2-7-16-12/h1-3,7,9-11,19H,4-6,8H2,(H,18,20). The predicted molar refractivity (Wildman–Crippen MR) is 81.0 cm³/mol. The van der Waals surface area contributed by atoms with Crippen LogP contribution in [0.1, 0.15) is 28.9 Å². The number of rotatable bonds is 6. The van der Waals surface area contributed by atoms with Crippen LogP contribution in [-0.4, -0.2) is 33.6 Å². The van der Waals surface area contributed by atoms with Crippen molar-refractivity contribution < 1.29 is 9.90 Å². The van der Waals surface area contributed by atoms with E-state index in [9.17, 15) is 4.79 Å². The van der Waals surface area contributed by atoms with Gasteiger partial charge in [-0.05, 0) is 37.3 Å². The zero-order valence-corrected chi connectivity index (χ0v) is 12.3. The lowest BCUT2D eigenvalue weighted by atomic mass is 10.1. The highest BCUT2D eigenvalue weighted by Crippen LogP contribution is 2.34. The van der Waals surface area contributed by atoms with E-state index in [2.05, 4.69) is 15.3 Å². The van der Waals surface area contributed by atoms with E-state index in [4.69, 9.17) is 5.11 Å². The summed E-state index contributed by atoms with van der Waals surface area (Å²) >= 11 is 1.34. The van der Waals surface area contributed by atoms with Crippen molar-refractivity contribution in [3.05, 3.63) is 35.5 Å². The Bertz CT molecular complexity index is 610. The third kappa shape index (κ3) is 3.46. The Hall–Kier alpha value is -1.79. The van der Waals surface area contributed by atoms with Gasteiger partial charge in [-0.25, -0.2) is 4.98 Å². The fraction of sp³-hybridized carbons (Fsp3) is 0.400. The van der Waals surface area contributed by atoms with Gasteiger partial charge in [-0.1, -0.05) is 6.07 Å². The Morgan fingerprint density at radius 2 is 2.29 bits per heavy atom. The highest BCUT2D eigenvalue weighted by molar-refractivity contribution is 7.16. The minimum atomic E-state index is -0.111. The molecular formula is C15H17N3O2S. The van der Waals surface area contributed by atoms with Crippen LogP contribution in [0.5, 0.6) is 0 Å². The molecule has 2 heterocycles. The Morgan fingerprint density at radius 1 is 1.43 bits per heavy atom. The number of nitrogens with one attached hydrogen (secondary N) is 1. The van der Waals surface area contributed by atoms with Crippen LogP contribution in [0.4, 0.5) is 0 Å². The zero-order valence-electron chi connectivity index (χ0n) is 11.5. The van der Waals surface area contributed by atoms with E-state index >= 15 is 0 Å². The number of aliphatic hydroxyl groups is 1. The summed E-state index contributed by atoms with van der Waals surface area (Å²) < 4.78 is 0. The molecule has 0 aromatic carbocycles. The number of thiazole rings is 1. The topological polar surface area (TPSA) is 75.1 Å². The second-order valence-electron chi connectivity index (χ2n) is 5.17. The van der Waals surface area contributed by atoms with Gasteiger partial charge in [-0.3, -0.25) is 9.78 Å². The van der Waals surface area contributed by atoms with E-state index in [0.29, 0.717) is 17.2 Å². The summed E-state index contributed by atoms with van der Waals surface area (Å²) in [4.78, 5) is 21.3. The quantitative estimate of drug-likeness (QED) is 0.857. The lowest BCUT2D eigenvalue weighted by Gasteiger charge is -2.16. The Kier molecular flexibility index (Phi) is 4.26. The fourth-order valence-corrected chi connectivity index (χ4v) is 3.09. The molecule has 3 rings (SSSR count). The van der Waals surface area contributed by atoms with Crippen LogP contribution in [-0.2, 0) is 0 Å². The summed E-state index contributed by atoms with van der Waals surface area (Å²) in [5.41, 5.74) is 0.774. The molecule has 2 N–H and O–H groups in total. The summed E-state index contributed by atoms with van der Waals surface area (Å²) in [6.07, 6.45) is 6.18. The van der Waals surface area contributed by atoms with E-state index in [1.165, 1.54) is 11.3 Å². The van der Waals surface area contributed by atoms with Gasteiger partial charge in [0.05, 0.1) is 11.9 Å². The molecule has 0 bridgehead atoms. The van der Waals surface area contributed by atoms with Crippen LogP contribution in [0.3, 0.4) is 0 Å². The van der Waals surface area contributed by atoms with E-state index < -0.39 is 0 Å². The number of hydrogen-bond donors (Lipinski definition) is 2. The second-order valence-corrected chi connectivity index (χ2v) is 6.20. The van der Waals surface area contributed by atoms with Crippen LogP contribution < -0.4 is 5.32 Å². The maximum absolute atomic E-state index is 12.3. The number of carbonyl (C=O) groups excluding carboxylic acids is 1. The van der Waals surface area contributed by atoms with Gasteiger partial charge in [-0.2, -0.15) is 0 Å². The molecule has 1 fully saturated rings. The van der Waals surface area contributed by atoms with Gasteiger partial charge in [0.15, 0.2) is 0 Å². The van der Waals surface area contributed by atoms with E-state index in [0.717, 1.165) is 23.5 Å². The minimum Gasteiger partial charge on any atom is -0.396 e. The average molecular weight is 303 g/mol. The van der Waals surface area contributed by atoms with Gasteiger partial charge in [-0.15, -0.1) is 11.3 Å². The first-order valence-corrected chi connectivity index (χ1v) is 7.88. The number of carbonyl (C=O) groups is 1. The first-order chi connectivity index (χ1) is 10.3. The first kappa shape index (κ1) is 14.2. The Morgan fingerprint density at radius 3 is 2.95 bits per heavy atom. The van der Waals surface area contributed by atoms with Crippen molar-refractivity contribution in [2.24, 2.45) is 5.92 Å². The molecule has 110 valence electrons. The Balaban J connectivity index is 1.69. The molecule has 5 nitrogen and oxygen atoms in total. The number of pyridine rings is 1. The molecule has 1 unspecified atom stereocenters. The molecule has 2 aromatic rings. The maximum Gasteiger partial charge on any atom is 0.263 e. The number of amides is 1. The van der Waals surface area contributed by atoms with Gasteiger partial charge >= 0.3 is 0 Å². The van der Waals surface area contributed by atoms with Crippen LogP contribution in [0.2, 0.25) is 0 Å². The lowest BCUT2D eigenvalue weighted by Crippen LogP contribution is -2.36. The summed E-state index contributed by atoms with van der Waals surface area (Å²) in [6.45, 7) is 0.101. The number of aliphatic hydroxyl groups excluding tert-OH is 1. The van der Waals surface area contributed by atoms with Gasteiger partial charge in [0.25, 0.3) is 5.91 Å². The summed E-state index contributed by atoms with van der Waals surface area (Å²) in [6, 6.07) is 5.69. The minimum absolute atomic E-state index is 0.0721. The van der Waals surface area contributed by atoms with E-state index in [1.54, 1.807) is 12.4 Å². The SMILES string of the molecule is O=C(NC(CCO)C1CC1)c1cnc(-c2ccccn2)s1. The van der Waals surface area contributed by atoms with Gasteiger partial charge < -0.3 is 10.4 Å². The lowest BCUT2D eigenvalue weighted by molar-refractivity contribution is 0.0928. The Labute approximate surface area is 127 Å². The molecule has 0 radical (unpaired) electrons. The molecule has 0 spiro atoms. The van der Waals surface area contributed by atoms with Gasteiger partial charge in [0.1, 0.15) is 9.88 Å². The molecule has 2 aromatic heterocycles. The van der Waals surface area contributed by atoms with Gasteiger partial charge in [0.2, 0.25) is 0 Å². The molecule has 1 amide bonds. The first-order valence-electron chi connectivity index (χ1n) is 7.07. The molecule has 0 aliphatic heterocycles. The van der Waals surface area contributed by atoms with Crippen LogP contribution >= 0.6 is 11.3 Å². The number of nitrogens with zero attached hydrogens (tertiary/aromatic N) is 2. The van der Waals surface area contributed by atoms with E-state index in [1.807, 2.05) is 18.2 Å². The second kappa shape index (κ2) is 6.32. The van der Waals surface area contributed by atoms with Crippen molar-refractivity contribution in [3.63, 3.8) is 0 Å². The summed E-state index contributed by atoms with van der Waals surface area (Å²) in [7, 11) is 0. The fourth-order valence-electron chi connectivity index (χ4n) is 2.29. The third-order valence-electron chi connectivity index (χ3n) is 3.56.